The number of carbonyl (C=O) groups excluding carboxylic acids is 1. The maximum absolute atomic E-state index is 11.8. The third-order valence-electron chi connectivity index (χ3n) is 7.59. The van der Waals surface area contributed by atoms with Crippen molar-refractivity contribution >= 4 is 5.97 Å². The molecule has 0 amide bonds. The van der Waals surface area contributed by atoms with Gasteiger partial charge in [0.2, 0.25) is 0 Å². The molecule has 3 rings (SSSR count). The first kappa shape index (κ1) is 18.7. The highest BCUT2D eigenvalue weighted by molar-refractivity contribution is 5.67. The molecule has 3 fully saturated rings. The summed E-state index contributed by atoms with van der Waals surface area (Å²) in [5, 5.41) is 11.0. The molecular formula is C22H34O3. The van der Waals surface area contributed by atoms with Crippen LogP contribution in [0.2, 0.25) is 0 Å². The maximum atomic E-state index is 11.8. The Morgan fingerprint density at radius 1 is 1.20 bits per heavy atom. The molecule has 0 aromatic rings. The van der Waals surface area contributed by atoms with Crippen LogP contribution < -0.4 is 0 Å². The van der Waals surface area contributed by atoms with Crippen molar-refractivity contribution in [3.05, 3.63) is 23.3 Å². The molecule has 0 aromatic carbocycles. The van der Waals surface area contributed by atoms with E-state index >= 15 is 0 Å². The monoisotopic (exact) mass is 346 g/mol. The second kappa shape index (κ2) is 6.26. The van der Waals surface area contributed by atoms with E-state index in [0.29, 0.717) is 23.7 Å². The standard InChI is InChI=1S/C22H34O3/c1-13(2)8-7-9-14(3)17-12-18(24)21(6)20(17)19-15(4)10-11-22(19,21)25-16(5)23/h8-9,15,17-20,24H,7,10-12H2,1-6H3/b14-9-/t15-,17+,18-,19+,20+,21+,22-/m1/s1. The minimum atomic E-state index is -0.447. The quantitative estimate of drug-likeness (QED) is 0.595. The maximum Gasteiger partial charge on any atom is 0.303 e. The van der Waals surface area contributed by atoms with E-state index in [4.69, 9.17) is 4.74 Å². The summed E-state index contributed by atoms with van der Waals surface area (Å²) in [7, 11) is 0. The van der Waals surface area contributed by atoms with Crippen LogP contribution in [0.5, 0.6) is 0 Å². The first-order valence-electron chi connectivity index (χ1n) is 9.82. The summed E-state index contributed by atoms with van der Waals surface area (Å²) in [6.07, 6.45) is 7.91. The fourth-order valence-corrected chi connectivity index (χ4v) is 6.47. The second-order valence-corrected chi connectivity index (χ2v) is 9.16. The molecule has 3 aliphatic carbocycles. The Labute approximate surface area is 152 Å². The molecule has 0 aliphatic heterocycles. The zero-order chi connectivity index (χ0) is 18.6. The van der Waals surface area contributed by atoms with Gasteiger partial charge in [-0.05, 0) is 64.2 Å². The van der Waals surface area contributed by atoms with Gasteiger partial charge < -0.3 is 9.84 Å². The third kappa shape index (κ3) is 2.53. The SMILES string of the molecule is CC(=O)O[C@]12CC[C@@H](C)[C@H]1[C@@H]1[C@H](/C(C)=C\CC=C(C)C)C[C@@H](O)[C@@]12C. The first-order valence-corrected chi connectivity index (χ1v) is 9.82. The lowest BCUT2D eigenvalue weighted by molar-refractivity contribution is -0.277. The van der Waals surface area contributed by atoms with E-state index in [0.717, 1.165) is 25.7 Å². The minimum absolute atomic E-state index is 0.203. The Balaban J connectivity index is 1.91. The van der Waals surface area contributed by atoms with Crippen molar-refractivity contribution in [3.8, 4) is 0 Å². The molecule has 25 heavy (non-hydrogen) atoms. The van der Waals surface area contributed by atoms with Crippen LogP contribution >= 0.6 is 0 Å². The van der Waals surface area contributed by atoms with Gasteiger partial charge in [-0.2, -0.15) is 0 Å². The highest BCUT2D eigenvalue weighted by Crippen LogP contribution is 2.76. The molecule has 1 N–H and O–H groups in total. The molecule has 0 unspecified atom stereocenters. The van der Waals surface area contributed by atoms with Gasteiger partial charge in [-0.1, -0.05) is 37.1 Å². The minimum Gasteiger partial charge on any atom is -0.458 e. The lowest BCUT2D eigenvalue weighted by Crippen LogP contribution is -2.71. The Hall–Kier alpha value is -1.09. The highest BCUT2D eigenvalue weighted by atomic mass is 16.6. The smallest absolute Gasteiger partial charge is 0.303 e. The number of allylic oxidation sites excluding steroid dienone is 4. The Morgan fingerprint density at radius 3 is 2.48 bits per heavy atom. The predicted molar refractivity (Wildman–Crippen MR) is 99.9 cm³/mol. The van der Waals surface area contributed by atoms with Crippen molar-refractivity contribution in [1.29, 1.82) is 0 Å². The summed E-state index contributed by atoms with van der Waals surface area (Å²) in [5.41, 5.74) is 1.98. The number of esters is 1. The van der Waals surface area contributed by atoms with Crippen LogP contribution in [-0.2, 0) is 9.53 Å². The van der Waals surface area contributed by atoms with Gasteiger partial charge in [-0.25, -0.2) is 0 Å². The summed E-state index contributed by atoms with van der Waals surface area (Å²) in [6.45, 7) is 12.4. The Kier molecular flexibility index (Phi) is 4.68. The van der Waals surface area contributed by atoms with E-state index in [1.807, 2.05) is 0 Å². The van der Waals surface area contributed by atoms with Gasteiger partial charge in [-0.15, -0.1) is 0 Å². The number of hydrogen-bond donors (Lipinski definition) is 1. The van der Waals surface area contributed by atoms with E-state index in [1.165, 1.54) is 18.1 Å². The van der Waals surface area contributed by atoms with E-state index < -0.39 is 11.7 Å². The lowest BCUT2D eigenvalue weighted by Gasteiger charge is -2.65. The highest BCUT2D eigenvalue weighted by Gasteiger charge is 2.80. The van der Waals surface area contributed by atoms with Crippen molar-refractivity contribution in [3.63, 3.8) is 0 Å². The predicted octanol–water partition coefficient (Wildman–Crippen LogP) is 4.65. The Bertz CT molecular complexity index is 615. The van der Waals surface area contributed by atoms with Gasteiger partial charge in [0.05, 0.1) is 6.10 Å². The molecule has 0 spiro atoms. The topological polar surface area (TPSA) is 46.5 Å². The van der Waals surface area contributed by atoms with Crippen molar-refractivity contribution in [2.24, 2.45) is 29.1 Å². The van der Waals surface area contributed by atoms with Crippen LogP contribution in [-0.4, -0.2) is 22.8 Å². The molecule has 140 valence electrons. The van der Waals surface area contributed by atoms with Crippen LogP contribution in [0.25, 0.3) is 0 Å². The van der Waals surface area contributed by atoms with Gasteiger partial charge in [0.25, 0.3) is 0 Å². The van der Waals surface area contributed by atoms with Crippen molar-refractivity contribution < 1.29 is 14.6 Å². The van der Waals surface area contributed by atoms with E-state index in [1.54, 1.807) is 0 Å². The summed E-state index contributed by atoms with van der Waals surface area (Å²) in [4.78, 5) is 11.8. The van der Waals surface area contributed by atoms with Gasteiger partial charge in [-0.3, -0.25) is 4.79 Å². The number of hydrogen-bond acceptors (Lipinski definition) is 3. The first-order chi connectivity index (χ1) is 11.6. The molecule has 0 aromatic heterocycles. The molecule has 0 radical (unpaired) electrons. The number of ether oxygens (including phenoxy) is 1. The summed E-state index contributed by atoms with van der Waals surface area (Å²) >= 11 is 0. The fourth-order valence-electron chi connectivity index (χ4n) is 6.47. The number of rotatable bonds is 4. The molecule has 3 nitrogen and oxygen atoms in total. The third-order valence-corrected chi connectivity index (χ3v) is 7.59. The van der Waals surface area contributed by atoms with E-state index in [9.17, 15) is 9.90 Å². The zero-order valence-electron chi connectivity index (χ0n) is 16.6. The van der Waals surface area contributed by atoms with Crippen LogP contribution in [0.1, 0.15) is 67.2 Å². The zero-order valence-corrected chi connectivity index (χ0v) is 16.6. The van der Waals surface area contributed by atoms with Gasteiger partial charge in [0.15, 0.2) is 0 Å². The average Bonchev–Trinajstić information content (AvgIpc) is 2.91. The van der Waals surface area contributed by atoms with Crippen LogP contribution in [0.3, 0.4) is 0 Å². The molecule has 7 atom stereocenters. The number of aliphatic hydroxyl groups is 1. The van der Waals surface area contributed by atoms with Crippen molar-refractivity contribution in [2.45, 2.75) is 78.9 Å². The molecule has 0 bridgehead atoms. The molecule has 3 heteroatoms. The average molecular weight is 347 g/mol. The number of aliphatic hydroxyl groups excluding tert-OH is 1. The second-order valence-electron chi connectivity index (χ2n) is 9.16. The Morgan fingerprint density at radius 2 is 1.88 bits per heavy atom. The molecular weight excluding hydrogens is 312 g/mol. The fraction of sp³-hybridized carbons (Fsp3) is 0.773. The van der Waals surface area contributed by atoms with Gasteiger partial charge in [0, 0.05) is 18.3 Å². The van der Waals surface area contributed by atoms with Crippen LogP contribution in [0, 0.1) is 29.1 Å². The van der Waals surface area contributed by atoms with Gasteiger partial charge in [0.1, 0.15) is 5.60 Å². The summed E-state index contributed by atoms with van der Waals surface area (Å²) in [5.74, 6) is 1.55. The molecule has 0 saturated heterocycles. The molecule has 3 saturated carbocycles. The normalized spacial score (nSPS) is 45.4. The van der Waals surface area contributed by atoms with Gasteiger partial charge >= 0.3 is 5.97 Å². The van der Waals surface area contributed by atoms with Crippen molar-refractivity contribution in [2.75, 3.05) is 0 Å². The van der Waals surface area contributed by atoms with E-state index in [2.05, 4.69) is 46.8 Å². The van der Waals surface area contributed by atoms with Crippen LogP contribution in [0.15, 0.2) is 23.3 Å². The molecule has 0 heterocycles. The van der Waals surface area contributed by atoms with Crippen LogP contribution in [0.4, 0.5) is 0 Å². The van der Waals surface area contributed by atoms with E-state index in [-0.39, 0.29) is 11.4 Å². The largest absolute Gasteiger partial charge is 0.458 e. The number of fused-ring (bicyclic) bond motifs is 4. The summed E-state index contributed by atoms with van der Waals surface area (Å²) < 4.78 is 5.97. The number of carbonyl (C=O) groups is 1. The summed E-state index contributed by atoms with van der Waals surface area (Å²) in [6, 6.07) is 0. The van der Waals surface area contributed by atoms with Crippen molar-refractivity contribution in [1.82, 2.24) is 0 Å². The lowest BCUT2D eigenvalue weighted by atomic mass is 9.43. The molecule has 3 aliphatic rings.